The van der Waals surface area contributed by atoms with E-state index in [-0.39, 0.29) is 5.91 Å². The summed E-state index contributed by atoms with van der Waals surface area (Å²) >= 11 is 3.98. The Morgan fingerprint density at radius 2 is 2.15 bits per heavy atom. The molecule has 0 spiro atoms. The molecule has 1 aliphatic heterocycles. The zero-order valence-electron chi connectivity index (χ0n) is 12.2. The summed E-state index contributed by atoms with van der Waals surface area (Å²) in [5, 5.41) is 3.04. The molecule has 1 atom stereocenters. The van der Waals surface area contributed by atoms with E-state index in [1.165, 1.54) is 17.1 Å². The second-order valence-electron chi connectivity index (χ2n) is 5.35. The van der Waals surface area contributed by atoms with E-state index in [4.69, 9.17) is 0 Å². The van der Waals surface area contributed by atoms with E-state index in [1.807, 2.05) is 35.7 Å². The lowest BCUT2D eigenvalue weighted by atomic mass is 10.0. The van der Waals surface area contributed by atoms with Crippen molar-refractivity contribution in [2.75, 3.05) is 16.8 Å². The molecule has 1 unspecified atom stereocenters. The lowest BCUT2D eigenvalue weighted by Gasteiger charge is -2.13. The van der Waals surface area contributed by atoms with Crippen LogP contribution in [0.15, 0.2) is 24.3 Å². The van der Waals surface area contributed by atoms with E-state index in [0.717, 1.165) is 18.5 Å². The average Bonchev–Trinajstić information content (AvgIpc) is 2.92. The largest absolute Gasteiger partial charge is 0.326 e. The first-order chi connectivity index (χ1) is 9.69. The SMILES string of the molecule is CCCC(C)CC(=O)Nc1cccc(C2SCCS2)c1. The molecule has 0 saturated carbocycles. The summed E-state index contributed by atoms with van der Waals surface area (Å²) < 4.78 is 0.533. The number of hydrogen-bond acceptors (Lipinski definition) is 3. The minimum atomic E-state index is 0.134. The van der Waals surface area contributed by atoms with Crippen LogP contribution in [0.4, 0.5) is 5.69 Å². The van der Waals surface area contributed by atoms with Crippen LogP contribution in [0, 0.1) is 5.92 Å². The Labute approximate surface area is 130 Å². The Morgan fingerprint density at radius 3 is 2.85 bits per heavy atom. The molecule has 1 fully saturated rings. The third-order valence-electron chi connectivity index (χ3n) is 3.38. The lowest BCUT2D eigenvalue weighted by Crippen LogP contribution is -2.15. The van der Waals surface area contributed by atoms with Crippen molar-refractivity contribution in [3.8, 4) is 0 Å². The van der Waals surface area contributed by atoms with Gasteiger partial charge in [0.05, 0.1) is 4.58 Å². The molecule has 2 rings (SSSR count). The van der Waals surface area contributed by atoms with Gasteiger partial charge in [-0.1, -0.05) is 38.8 Å². The van der Waals surface area contributed by atoms with Crippen LogP contribution in [0.1, 0.15) is 43.3 Å². The maximum absolute atomic E-state index is 12.0. The fourth-order valence-electron chi connectivity index (χ4n) is 2.44. The Kier molecular flexibility index (Phi) is 6.30. The molecular weight excluding hydrogens is 286 g/mol. The molecular formula is C16H23NOS2. The number of anilines is 1. The van der Waals surface area contributed by atoms with Crippen molar-refractivity contribution in [2.45, 2.75) is 37.7 Å². The number of nitrogens with one attached hydrogen (secondary N) is 1. The summed E-state index contributed by atoms with van der Waals surface area (Å²) in [7, 11) is 0. The summed E-state index contributed by atoms with van der Waals surface area (Å²) in [6.45, 7) is 4.31. The fraction of sp³-hybridized carbons (Fsp3) is 0.562. The highest BCUT2D eigenvalue weighted by atomic mass is 32.2. The number of benzene rings is 1. The Balaban J connectivity index is 1.92. The number of thioether (sulfide) groups is 2. The molecule has 110 valence electrons. The third kappa shape index (κ3) is 4.74. The number of carbonyl (C=O) groups is 1. The normalized spacial score (nSPS) is 17.1. The van der Waals surface area contributed by atoms with Gasteiger partial charge in [-0.3, -0.25) is 4.79 Å². The first kappa shape index (κ1) is 15.8. The predicted molar refractivity (Wildman–Crippen MR) is 91.4 cm³/mol. The molecule has 1 saturated heterocycles. The van der Waals surface area contributed by atoms with Crippen molar-refractivity contribution in [1.82, 2.24) is 0 Å². The molecule has 1 aliphatic rings. The molecule has 2 nitrogen and oxygen atoms in total. The summed E-state index contributed by atoms with van der Waals surface area (Å²) in [6.07, 6.45) is 2.87. The first-order valence-corrected chi connectivity index (χ1v) is 9.41. The number of rotatable bonds is 6. The lowest BCUT2D eigenvalue weighted by molar-refractivity contribution is -0.117. The smallest absolute Gasteiger partial charge is 0.224 e. The first-order valence-electron chi connectivity index (χ1n) is 7.32. The number of amides is 1. The van der Waals surface area contributed by atoms with Crippen LogP contribution in [0.2, 0.25) is 0 Å². The van der Waals surface area contributed by atoms with Crippen LogP contribution in [0.3, 0.4) is 0 Å². The maximum atomic E-state index is 12.0. The van der Waals surface area contributed by atoms with E-state index in [0.29, 0.717) is 16.9 Å². The molecule has 0 radical (unpaired) electrons. The molecule has 1 N–H and O–H groups in total. The van der Waals surface area contributed by atoms with Crippen LogP contribution in [-0.2, 0) is 4.79 Å². The van der Waals surface area contributed by atoms with Gasteiger partial charge in [0, 0.05) is 23.6 Å². The quantitative estimate of drug-likeness (QED) is 0.808. The van der Waals surface area contributed by atoms with Gasteiger partial charge < -0.3 is 5.32 Å². The van der Waals surface area contributed by atoms with E-state index >= 15 is 0 Å². The molecule has 1 aromatic carbocycles. The number of carbonyl (C=O) groups excluding carboxylic acids is 1. The van der Waals surface area contributed by atoms with Gasteiger partial charge in [-0.05, 0) is 23.6 Å². The van der Waals surface area contributed by atoms with Gasteiger partial charge in [-0.25, -0.2) is 0 Å². The molecule has 0 bridgehead atoms. The van der Waals surface area contributed by atoms with Crippen LogP contribution < -0.4 is 5.32 Å². The summed E-state index contributed by atoms with van der Waals surface area (Å²) in [6, 6.07) is 8.31. The van der Waals surface area contributed by atoms with Crippen molar-refractivity contribution in [3.63, 3.8) is 0 Å². The molecule has 1 heterocycles. The van der Waals surface area contributed by atoms with Gasteiger partial charge in [-0.2, -0.15) is 0 Å². The highest BCUT2D eigenvalue weighted by Crippen LogP contribution is 2.45. The molecule has 0 aliphatic carbocycles. The monoisotopic (exact) mass is 309 g/mol. The average molecular weight is 310 g/mol. The Morgan fingerprint density at radius 1 is 1.40 bits per heavy atom. The Bertz CT molecular complexity index is 444. The molecule has 4 heteroatoms. The maximum Gasteiger partial charge on any atom is 0.224 e. The van der Waals surface area contributed by atoms with Crippen molar-refractivity contribution < 1.29 is 4.79 Å². The van der Waals surface area contributed by atoms with Gasteiger partial charge >= 0.3 is 0 Å². The molecule has 0 aromatic heterocycles. The zero-order valence-corrected chi connectivity index (χ0v) is 13.9. The summed E-state index contributed by atoms with van der Waals surface area (Å²) in [4.78, 5) is 12.0. The molecule has 1 amide bonds. The predicted octanol–water partition coefficient (Wildman–Crippen LogP) is 4.93. The van der Waals surface area contributed by atoms with E-state index in [1.54, 1.807) is 0 Å². The van der Waals surface area contributed by atoms with Crippen LogP contribution >= 0.6 is 23.5 Å². The van der Waals surface area contributed by atoms with E-state index in [2.05, 4.69) is 31.3 Å². The van der Waals surface area contributed by atoms with Gasteiger partial charge in [-0.15, -0.1) is 23.5 Å². The van der Waals surface area contributed by atoms with Crippen molar-refractivity contribution in [3.05, 3.63) is 29.8 Å². The second-order valence-corrected chi connectivity index (χ2v) is 8.07. The highest BCUT2D eigenvalue weighted by Gasteiger charge is 2.18. The van der Waals surface area contributed by atoms with Crippen LogP contribution in [-0.4, -0.2) is 17.4 Å². The van der Waals surface area contributed by atoms with Gasteiger partial charge in [0.2, 0.25) is 5.91 Å². The zero-order chi connectivity index (χ0) is 14.4. The topological polar surface area (TPSA) is 29.1 Å². The van der Waals surface area contributed by atoms with Gasteiger partial charge in [0.25, 0.3) is 0 Å². The third-order valence-corrected chi connectivity index (χ3v) is 6.48. The molecule has 20 heavy (non-hydrogen) atoms. The molecule has 1 aromatic rings. The standard InChI is InChI=1S/C16H23NOS2/c1-3-5-12(2)10-15(18)17-14-7-4-6-13(11-14)16-19-8-9-20-16/h4,6-7,11-12,16H,3,5,8-10H2,1-2H3,(H,17,18). The fourth-order valence-corrected chi connectivity index (χ4v) is 5.28. The van der Waals surface area contributed by atoms with Crippen LogP contribution in [0.25, 0.3) is 0 Å². The second kappa shape index (κ2) is 7.99. The van der Waals surface area contributed by atoms with E-state index in [9.17, 15) is 4.79 Å². The van der Waals surface area contributed by atoms with E-state index < -0.39 is 0 Å². The van der Waals surface area contributed by atoms with Gasteiger partial charge in [0.1, 0.15) is 0 Å². The highest BCUT2D eigenvalue weighted by molar-refractivity contribution is 8.19. The van der Waals surface area contributed by atoms with Crippen LogP contribution in [0.5, 0.6) is 0 Å². The Hall–Kier alpha value is -0.610. The minimum Gasteiger partial charge on any atom is -0.326 e. The van der Waals surface area contributed by atoms with Crippen molar-refractivity contribution in [2.24, 2.45) is 5.92 Å². The number of hydrogen-bond donors (Lipinski definition) is 1. The summed E-state index contributed by atoms with van der Waals surface area (Å²) in [5.74, 6) is 3.04. The van der Waals surface area contributed by atoms with Crippen molar-refractivity contribution in [1.29, 1.82) is 0 Å². The van der Waals surface area contributed by atoms with Crippen molar-refractivity contribution >= 4 is 35.1 Å². The minimum absolute atomic E-state index is 0.134. The summed E-state index contributed by atoms with van der Waals surface area (Å²) in [5.41, 5.74) is 2.25. The van der Waals surface area contributed by atoms with Gasteiger partial charge in [0.15, 0.2) is 0 Å².